The minimum Gasteiger partial charge on any atom is -0.394 e. The van der Waals surface area contributed by atoms with Gasteiger partial charge in [0, 0.05) is 6.42 Å². The Hall–Kier alpha value is -1.13. The Labute approximate surface area is 377 Å². The average molecular weight is 844 g/mol. The third-order valence-electron chi connectivity index (χ3n) is 12.9. The van der Waals surface area contributed by atoms with Crippen molar-refractivity contribution in [2.75, 3.05) is 6.61 Å². The lowest BCUT2D eigenvalue weighted by Crippen LogP contribution is -2.45. The van der Waals surface area contributed by atoms with Crippen LogP contribution in [0.15, 0.2) is 24.3 Å². The van der Waals surface area contributed by atoms with Gasteiger partial charge in [-0.25, -0.2) is 0 Å². The molecule has 1 amide bonds. The quantitative estimate of drug-likeness (QED) is 0.0422. The van der Waals surface area contributed by atoms with E-state index < -0.39 is 12.1 Å². The summed E-state index contributed by atoms with van der Waals surface area (Å²) in [5, 5.41) is 23.2. The molecule has 0 rings (SSSR count). The summed E-state index contributed by atoms with van der Waals surface area (Å²) in [4.78, 5) is 12.5. The number of hydrogen-bond donors (Lipinski definition) is 3. The Balaban J connectivity index is 3.49. The van der Waals surface area contributed by atoms with Crippen LogP contribution in [0.1, 0.15) is 309 Å². The molecule has 3 N–H and O–H groups in total. The molecule has 0 radical (unpaired) electrons. The highest BCUT2D eigenvalue weighted by molar-refractivity contribution is 5.76. The maximum absolute atomic E-state index is 12.5. The Morgan fingerprint density at radius 2 is 0.633 bits per heavy atom. The number of unbranched alkanes of at least 4 members (excludes halogenated alkanes) is 42. The Bertz CT molecular complexity index is 871. The van der Waals surface area contributed by atoms with Crippen molar-refractivity contribution in [1.29, 1.82) is 0 Å². The van der Waals surface area contributed by atoms with Gasteiger partial charge in [0.15, 0.2) is 0 Å². The lowest BCUT2D eigenvalue weighted by molar-refractivity contribution is -0.123. The topological polar surface area (TPSA) is 69.6 Å². The molecule has 0 heterocycles. The smallest absolute Gasteiger partial charge is 0.220 e. The first kappa shape index (κ1) is 58.9. The molecule has 0 aliphatic carbocycles. The van der Waals surface area contributed by atoms with E-state index in [0.717, 1.165) is 25.7 Å². The van der Waals surface area contributed by atoms with Gasteiger partial charge >= 0.3 is 0 Å². The van der Waals surface area contributed by atoms with E-state index in [1.165, 1.54) is 263 Å². The van der Waals surface area contributed by atoms with Crippen molar-refractivity contribution < 1.29 is 15.0 Å². The van der Waals surface area contributed by atoms with Gasteiger partial charge in [0.25, 0.3) is 0 Å². The summed E-state index contributed by atoms with van der Waals surface area (Å²) in [5.74, 6) is -0.0621. The van der Waals surface area contributed by atoms with Crippen molar-refractivity contribution in [1.82, 2.24) is 5.32 Å². The van der Waals surface area contributed by atoms with Gasteiger partial charge in [-0.3, -0.25) is 4.79 Å². The van der Waals surface area contributed by atoms with E-state index in [4.69, 9.17) is 0 Å². The van der Waals surface area contributed by atoms with Gasteiger partial charge in [0.2, 0.25) is 5.91 Å². The van der Waals surface area contributed by atoms with Crippen LogP contribution < -0.4 is 5.32 Å². The van der Waals surface area contributed by atoms with Gasteiger partial charge in [-0.15, -0.1) is 0 Å². The standard InChI is InChI=1S/C56H109NO3/c1-3-5-7-9-11-13-15-17-19-21-23-25-27-29-31-33-35-37-39-41-43-45-47-49-51-55(59)54(53-58)57-56(60)52-50-48-46-44-42-40-38-36-34-32-30-28-26-24-22-20-18-16-14-12-10-8-6-4-2/h30,32,49,51,54-55,58-59H,3-29,31,33-48,50,52-53H2,1-2H3,(H,57,60)/b32-30-,51-49+. The van der Waals surface area contributed by atoms with E-state index in [1.807, 2.05) is 6.08 Å². The van der Waals surface area contributed by atoms with Crippen LogP contribution in [0.25, 0.3) is 0 Å². The predicted octanol–water partition coefficient (Wildman–Crippen LogP) is 17.9. The molecule has 4 nitrogen and oxygen atoms in total. The Morgan fingerprint density at radius 1 is 0.383 bits per heavy atom. The zero-order chi connectivity index (χ0) is 43.5. The maximum atomic E-state index is 12.5. The summed E-state index contributed by atoms with van der Waals surface area (Å²) < 4.78 is 0. The Kier molecular flexibility index (Phi) is 51.2. The first-order valence-corrected chi connectivity index (χ1v) is 27.6. The maximum Gasteiger partial charge on any atom is 0.220 e. The third-order valence-corrected chi connectivity index (χ3v) is 12.9. The number of aliphatic hydroxyl groups excluding tert-OH is 2. The van der Waals surface area contributed by atoms with Crippen LogP contribution in [-0.4, -0.2) is 34.9 Å². The number of carbonyl (C=O) groups excluding carboxylic acids is 1. The SMILES string of the molecule is CCCCCCCCCCCCCC/C=C\CCCCCCCCCCC(=O)NC(CO)C(O)/C=C/CCCCCCCCCCCCCCCCCCCCCCCC. The number of nitrogens with one attached hydrogen (secondary N) is 1. The van der Waals surface area contributed by atoms with Crippen molar-refractivity contribution in [2.24, 2.45) is 0 Å². The Morgan fingerprint density at radius 3 is 0.917 bits per heavy atom. The predicted molar refractivity (Wildman–Crippen MR) is 267 cm³/mol. The molecule has 0 aromatic heterocycles. The molecular weight excluding hydrogens is 735 g/mol. The number of rotatable bonds is 51. The van der Waals surface area contributed by atoms with Gasteiger partial charge in [0.05, 0.1) is 18.8 Å². The second-order valence-corrected chi connectivity index (χ2v) is 19.0. The minimum absolute atomic E-state index is 0.0621. The molecule has 0 aromatic rings. The average Bonchev–Trinajstić information content (AvgIpc) is 3.25. The largest absolute Gasteiger partial charge is 0.394 e. The molecule has 2 atom stereocenters. The van der Waals surface area contributed by atoms with Crippen LogP contribution in [0.5, 0.6) is 0 Å². The third kappa shape index (κ3) is 47.9. The van der Waals surface area contributed by atoms with Crippen LogP contribution in [0.3, 0.4) is 0 Å². The molecule has 2 unspecified atom stereocenters. The highest BCUT2D eigenvalue weighted by Gasteiger charge is 2.18. The van der Waals surface area contributed by atoms with Crippen LogP contribution in [-0.2, 0) is 4.79 Å². The van der Waals surface area contributed by atoms with Crippen molar-refractivity contribution in [2.45, 2.75) is 321 Å². The van der Waals surface area contributed by atoms with E-state index in [9.17, 15) is 15.0 Å². The van der Waals surface area contributed by atoms with Gasteiger partial charge < -0.3 is 15.5 Å². The van der Waals surface area contributed by atoms with Crippen molar-refractivity contribution in [3.8, 4) is 0 Å². The molecule has 0 aliphatic rings. The van der Waals surface area contributed by atoms with E-state index in [0.29, 0.717) is 6.42 Å². The van der Waals surface area contributed by atoms with Gasteiger partial charge in [-0.1, -0.05) is 282 Å². The lowest BCUT2D eigenvalue weighted by Gasteiger charge is -2.20. The summed E-state index contributed by atoms with van der Waals surface area (Å²) >= 11 is 0. The molecule has 0 spiro atoms. The summed E-state index contributed by atoms with van der Waals surface area (Å²) in [6.07, 6.45) is 69.0. The monoisotopic (exact) mass is 844 g/mol. The van der Waals surface area contributed by atoms with Crippen molar-refractivity contribution in [3.63, 3.8) is 0 Å². The van der Waals surface area contributed by atoms with E-state index in [1.54, 1.807) is 6.08 Å². The summed E-state index contributed by atoms with van der Waals surface area (Å²) in [7, 11) is 0. The van der Waals surface area contributed by atoms with Crippen molar-refractivity contribution in [3.05, 3.63) is 24.3 Å². The second kappa shape index (κ2) is 52.2. The summed E-state index contributed by atoms with van der Waals surface area (Å²) in [6, 6.07) is -0.623. The van der Waals surface area contributed by atoms with Gasteiger partial charge in [0.1, 0.15) is 0 Å². The normalized spacial score (nSPS) is 12.9. The van der Waals surface area contributed by atoms with Gasteiger partial charge in [-0.05, 0) is 44.9 Å². The first-order valence-electron chi connectivity index (χ1n) is 27.6. The lowest BCUT2D eigenvalue weighted by atomic mass is 10.0. The molecule has 0 saturated heterocycles. The van der Waals surface area contributed by atoms with Crippen LogP contribution in [0.4, 0.5) is 0 Å². The van der Waals surface area contributed by atoms with Crippen LogP contribution in [0, 0.1) is 0 Å². The van der Waals surface area contributed by atoms with E-state index >= 15 is 0 Å². The zero-order valence-electron chi connectivity index (χ0n) is 41.0. The highest BCUT2D eigenvalue weighted by Crippen LogP contribution is 2.17. The molecule has 60 heavy (non-hydrogen) atoms. The number of hydrogen-bond acceptors (Lipinski definition) is 3. The fourth-order valence-electron chi connectivity index (χ4n) is 8.71. The molecule has 4 heteroatoms. The first-order chi connectivity index (χ1) is 29.7. The fourth-order valence-corrected chi connectivity index (χ4v) is 8.71. The van der Waals surface area contributed by atoms with E-state index in [2.05, 4.69) is 31.3 Å². The fraction of sp³-hybridized carbons (Fsp3) is 0.911. The second-order valence-electron chi connectivity index (χ2n) is 19.0. The van der Waals surface area contributed by atoms with Crippen molar-refractivity contribution >= 4 is 5.91 Å². The zero-order valence-corrected chi connectivity index (χ0v) is 41.0. The summed E-state index contributed by atoms with van der Waals surface area (Å²) in [6.45, 7) is 4.35. The molecule has 0 saturated carbocycles. The molecule has 0 fully saturated rings. The molecule has 356 valence electrons. The van der Waals surface area contributed by atoms with Gasteiger partial charge in [-0.2, -0.15) is 0 Å². The molecule has 0 aliphatic heterocycles. The molecular formula is C56H109NO3. The minimum atomic E-state index is -0.839. The van der Waals surface area contributed by atoms with Crippen LogP contribution >= 0.6 is 0 Å². The summed E-state index contributed by atoms with van der Waals surface area (Å²) in [5.41, 5.74) is 0. The number of aliphatic hydroxyl groups is 2. The van der Waals surface area contributed by atoms with E-state index in [-0.39, 0.29) is 12.5 Å². The molecule has 0 bridgehead atoms. The van der Waals surface area contributed by atoms with Crippen LogP contribution in [0.2, 0.25) is 0 Å². The molecule has 0 aromatic carbocycles. The number of allylic oxidation sites excluding steroid dienone is 3. The number of amides is 1. The number of carbonyl (C=O) groups is 1. The highest BCUT2D eigenvalue weighted by atomic mass is 16.3.